The van der Waals surface area contributed by atoms with Crippen molar-refractivity contribution in [3.05, 3.63) is 99.5 Å². The smallest absolute Gasteiger partial charge is 0.248 e. The average Bonchev–Trinajstić information content (AvgIpc) is 3.03. The molecule has 0 saturated carbocycles. The molecule has 3 heterocycles. The van der Waals surface area contributed by atoms with Gasteiger partial charge in [-0.2, -0.15) is 4.39 Å². The summed E-state index contributed by atoms with van der Waals surface area (Å²) >= 11 is 0. The van der Waals surface area contributed by atoms with Crippen molar-refractivity contribution < 1.29 is 13.2 Å². The minimum absolute atomic E-state index is 0.0848. The second kappa shape index (κ2) is 6.63. The van der Waals surface area contributed by atoms with Crippen LogP contribution in [0.25, 0.3) is 0 Å². The normalized spacial score (nSPS) is 21.3. The van der Waals surface area contributed by atoms with Gasteiger partial charge in [-0.1, -0.05) is 18.2 Å². The van der Waals surface area contributed by atoms with Gasteiger partial charge in [-0.15, -0.1) is 0 Å². The van der Waals surface area contributed by atoms with E-state index in [2.05, 4.69) is 20.3 Å². The van der Waals surface area contributed by atoms with E-state index in [0.717, 1.165) is 12.1 Å². The van der Waals surface area contributed by atoms with E-state index in [0.29, 0.717) is 11.1 Å². The van der Waals surface area contributed by atoms with E-state index in [-0.39, 0.29) is 11.5 Å². The van der Waals surface area contributed by atoms with E-state index >= 15 is 0 Å². The molecule has 2 atom stereocenters. The van der Waals surface area contributed by atoms with Gasteiger partial charge in [0.15, 0.2) is 5.82 Å². The minimum Gasteiger partial charge on any atom is -0.363 e. The van der Waals surface area contributed by atoms with E-state index in [9.17, 15) is 18.0 Å². The standard InChI is InChI=1S/C20H15F3N4O/c1-11-20(12-2-5-14(21)6-3-12,13-4-8-16(23)24-10-13)27-19(25-11)18-15(22)7-9-17(28)26-18/h2-11H,1H3,(H,25,27)(H,26,28)/t11-,20+/m0/s1. The fourth-order valence-electron chi connectivity index (χ4n) is 3.47. The van der Waals surface area contributed by atoms with Crippen molar-refractivity contribution in [1.29, 1.82) is 0 Å². The molecule has 28 heavy (non-hydrogen) atoms. The van der Waals surface area contributed by atoms with E-state index in [4.69, 9.17) is 0 Å². The van der Waals surface area contributed by atoms with E-state index in [1.165, 1.54) is 30.5 Å². The van der Waals surface area contributed by atoms with Crippen LogP contribution in [0.3, 0.4) is 0 Å². The zero-order chi connectivity index (χ0) is 19.9. The molecule has 0 bridgehead atoms. The molecule has 2 aromatic heterocycles. The Bertz CT molecular complexity index is 1060. The lowest BCUT2D eigenvalue weighted by Gasteiger charge is -2.31. The van der Waals surface area contributed by atoms with Crippen molar-refractivity contribution in [3.63, 3.8) is 0 Å². The number of aromatic amines is 1. The van der Waals surface area contributed by atoms with Crippen LogP contribution in [0.4, 0.5) is 13.2 Å². The molecule has 8 heteroatoms. The number of benzene rings is 1. The van der Waals surface area contributed by atoms with Crippen LogP contribution in [-0.2, 0) is 5.54 Å². The van der Waals surface area contributed by atoms with Crippen molar-refractivity contribution in [2.45, 2.75) is 18.5 Å². The Morgan fingerprint density at radius 1 is 0.964 bits per heavy atom. The van der Waals surface area contributed by atoms with Crippen LogP contribution in [0.5, 0.6) is 0 Å². The second-order valence-electron chi connectivity index (χ2n) is 6.51. The zero-order valence-corrected chi connectivity index (χ0v) is 14.7. The molecule has 1 aliphatic rings. The predicted octanol–water partition coefficient (Wildman–Crippen LogP) is 2.87. The zero-order valence-electron chi connectivity index (χ0n) is 14.7. The number of rotatable bonds is 3. The molecule has 0 fully saturated rings. The molecule has 2 N–H and O–H groups in total. The van der Waals surface area contributed by atoms with E-state index in [1.807, 2.05) is 6.92 Å². The van der Waals surface area contributed by atoms with Crippen LogP contribution < -0.4 is 10.9 Å². The lowest BCUT2D eigenvalue weighted by atomic mass is 9.79. The van der Waals surface area contributed by atoms with Crippen LogP contribution in [-0.4, -0.2) is 21.8 Å². The van der Waals surface area contributed by atoms with Crippen LogP contribution in [0, 0.1) is 17.6 Å². The number of hydrogen-bond acceptors (Lipinski definition) is 4. The topological polar surface area (TPSA) is 70.1 Å². The molecule has 0 saturated heterocycles. The molecule has 5 nitrogen and oxygen atoms in total. The molecule has 1 aliphatic heterocycles. The number of nitrogens with one attached hydrogen (secondary N) is 2. The van der Waals surface area contributed by atoms with Gasteiger partial charge in [0.25, 0.3) is 0 Å². The second-order valence-corrected chi connectivity index (χ2v) is 6.51. The molecule has 4 rings (SSSR count). The molecule has 0 spiro atoms. The van der Waals surface area contributed by atoms with E-state index < -0.39 is 34.7 Å². The Balaban J connectivity index is 1.96. The van der Waals surface area contributed by atoms with E-state index in [1.54, 1.807) is 12.1 Å². The average molecular weight is 384 g/mol. The largest absolute Gasteiger partial charge is 0.363 e. The highest BCUT2D eigenvalue weighted by Gasteiger charge is 2.45. The third kappa shape index (κ3) is 2.87. The summed E-state index contributed by atoms with van der Waals surface area (Å²) in [6.07, 6.45) is 1.34. The molecule has 0 unspecified atom stereocenters. The summed E-state index contributed by atoms with van der Waals surface area (Å²) in [5.41, 5.74) is -0.539. The highest BCUT2D eigenvalue weighted by molar-refractivity contribution is 5.99. The van der Waals surface area contributed by atoms with Crippen LogP contribution >= 0.6 is 0 Å². The van der Waals surface area contributed by atoms with Gasteiger partial charge in [0, 0.05) is 17.8 Å². The fraction of sp³-hybridized carbons (Fsp3) is 0.150. The Kier molecular flexibility index (Phi) is 4.26. The fourth-order valence-corrected chi connectivity index (χ4v) is 3.47. The molecule has 142 valence electrons. The summed E-state index contributed by atoms with van der Waals surface area (Å²) in [5, 5.41) is 3.08. The summed E-state index contributed by atoms with van der Waals surface area (Å²) in [4.78, 5) is 22.5. The number of H-pyrrole nitrogens is 1. The lowest BCUT2D eigenvalue weighted by Crippen LogP contribution is -2.41. The van der Waals surface area contributed by atoms with Gasteiger partial charge in [-0.05, 0) is 36.8 Å². The van der Waals surface area contributed by atoms with Crippen molar-refractivity contribution in [3.8, 4) is 0 Å². The van der Waals surface area contributed by atoms with Crippen molar-refractivity contribution in [1.82, 2.24) is 15.3 Å². The third-order valence-electron chi connectivity index (χ3n) is 4.82. The maximum Gasteiger partial charge on any atom is 0.248 e. The monoisotopic (exact) mass is 384 g/mol. The Morgan fingerprint density at radius 3 is 2.36 bits per heavy atom. The first kappa shape index (κ1) is 18.0. The first-order valence-electron chi connectivity index (χ1n) is 8.54. The Hall–Kier alpha value is -3.42. The first-order chi connectivity index (χ1) is 13.4. The van der Waals surface area contributed by atoms with Gasteiger partial charge >= 0.3 is 0 Å². The maximum absolute atomic E-state index is 14.3. The van der Waals surface area contributed by atoms with Gasteiger partial charge in [-0.25, -0.2) is 18.8 Å². The number of hydrogen-bond donors (Lipinski definition) is 2. The number of aromatic nitrogens is 2. The highest BCUT2D eigenvalue weighted by atomic mass is 19.1. The number of amidine groups is 1. The van der Waals surface area contributed by atoms with Crippen molar-refractivity contribution in [2.75, 3.05) is 0 Å². The minimum atomic E-state index is -1.12. The summed E-state index contributed by atoms with van der Waals surface area (Å²) < 4.78 is 41.2. The Morgan fingerprint density at radius 2 is 1.68 bits per heavy atom. The molecule has 3 aromatic rings. The number of pyridine rings is 2. The Labute approximate surface area is 158 Å². The summed E-state index contributed by atoms with van der Waals surface area (Å²) in [6, 6.07) is 10.1. The molecular weight excluding hydrogens is 369 g/mol. The van der Waals surface area contributed by atoms with Gasteiger partial charge < -0.3 is 10.3 Å². The van der Waals surface area contributed by atoms with Gasteiger partial charge in [0.05, 0.1) is 6.04 Å². The molecule has 0 amide bonds. The van der Waals surface area contributed by atoms with Crippen LogP contribution in [0.2, 0.25) is 0 Å². The number of aliphatic imine (C=N–C) groups is 1. The van der Waals surface area contributed by atoms with Gasteiger partial charge in [-0.3, -0.25) is 4.79 Å². The quantitative estimate of drug-likeness (QED) is 0.683. The van der Waals surface area contributed by atoms with Crippen LogP contribution in [0.1, 0.15) is 23.7 Å². The summed E-state index contributed by atoms with van der Waals surface area (Å²) in [7, 11) is 0. The molecule has 0 aliphatic carbocycles. The molecule has 1 aromatic carbocycles. The third-order valence-corrected chi connectivity index (χ3v) is 4.82. The molecule has 0 radical (unpaired) electrons. The summed E-state index contributed by atoms with van der Waals surface area (Å²) in [5.74, 6) is -1.59. The van der Waals surface area contributed by atoms with Crippen molar-refractivity contribution >= 4 is 5.84 Å². The SMILES string of the molecule is C[C@@H]1NC(c2[nH]c(=O)ccc2F)=N[C@]1(c1ccc(F)cc1)c1ccc(F)nc1. The number of halogens is 3. The first-order valence-corrected chi connectivity index (χ1v) is 8.54. The molecular formula is C20H15F3N4O. The summed E-state index contributed by atoms with van der Waals surface area (Å²) in [6.45, 7) is 1.81. The van der Waals surface area contributed by atoms with Gasteiger partial charge in [0.1, 0.15) is 22.9 Å². The lowest BCUT2D eigenvalue weighted by molar-refractivity contribution is 0.449. The maximum atomic E-state index is 14.3. The van der Waals surface area contributed by atoms with Crippen molar-refractivity contribution in [2.24, 2.45) is 4.99 Å². The number of nitrogens with zero attached hydrogens (tertiary/aromatic N) is 2. The van der Waals surface area contributed by atoms with Gasteiger partial charge in [0.2, 0.25) is 11.5 Å². The highest BCUT2D eigenvalue weighted by Crippen LogP contribution is 2.40. The predicted molar refractivity (Wildman–Crippen MR) is 97.5 cm³/mol. The van der Waals surface area contributed by atoms with Crippen LogP contribution in [0.15, 0.2) is 64.5 Å².